The summed E-state index contributed by atoms with van der Waals surface area (Å²) >= 11 is 0. The second kappa shape index (κ2) is 7.39. The second-order valence-electron chi connectivity index (χ2n) is 6.32. The molecule has 0 bridgehead atoms. The Morgan fingerprint density at radius 2 is 1.90 bits per heavy atom. The number of ether oxygens (including phenoxy) is 1. The zero-order chi connectivity index (χ0) is 14.5. The lowest BCUT2D eigenvalue weighted by Gasteiger charge is -2.38. The maximum atomic E-state index is 5.65. The number of likely N-dealkylation sites (tertiary alicyclic amines) is 1. The third-order valence-electron chi connectivity index (χ3n) is 4.86. The largest absolute Gasteiger partial charge is 0.378 e. The number of hydrogen-bond acceptors (Lipinski definition) is 3. The first-order valence-electron chi connectivity index (χ1n) is 8.50. The van der Waals surface area contributed by atoms with Crippen molar-refractivity contribution in [3.8, 4) is 0 Å². The lowest BCUT2D eigenvalue weighted by molar-refractivity contribution is -0.0111. The molecule has 2 aliphatic rings. The Morgan fingerprint density at radius 1 is 1.19 bits per heavy atom. The van der Waals surface area contributed by atoms with Crippen molar-refractivity contribution in [1.82, 2.24) is 10.2 Å². The van der Waals surface area contributed by atoms with Gasteiger partial charge in [0.25, 0.3) is 0 Å². The molecule has 1 heterocycles. The van der Waals surface area contributed by atoms with E-state index in [0.29, 0.717) is 18.2 Å². The van der Waals surface area contributed by atoms with E-state index in [4.69, 9.17) is 4.74 Å². The molecule has 1 unspecified atom stereocenters. The van der Waals surface area contributed by atoms with E-state index in [1.165, 1.54) is 44.3 Å². The zero-order valence-electron chi connectivity index (χ0n) is 13.1. The first-order valence-corrected chi connectivity index (χ1v) is 8.50. The minimum atomic E-state index is 0.495. The minimum Gasteiger partial charge on any atom is -0.378 e. The second-order valence-corrected chi connectivity index (χ2v) is 6.32. The first kappa shape index (κ1) is 15.0. The molecule has 3 nitrogen and oxygen atoms in total. The molecule has 1 saturated heterocycles. The molecule has 3 heteroatoms. The molecule has 21 heavy (non-hydrogen) atoms. The highest BCUT2D eigenvalue weighted by Crippen LogP contribution is 2.27. The Balaban J connectivity index is 1.53. The normalized spacial score (nSPS) is 27.5. The van der Waals surface area contributed by atoms with Crippen LogP contribution >= 0.6 is 0 Å². The summed E-state index contributed by atoms with van der Waals surface area (Å²) in [5.74, 6) is 0. The van der Waals surface area contributed by atoms with Crippen LogP contribution in [0.4, 0.5) is 0 Å². The predicted octanol–water partition coefficient (Wildman–Crippen LogP) is 2.98. The summed E-state index contributed by atoms with van der Waals surface area (Å²) in [5, 5.41) is 3.76. The van der Waals surface area contributed by atoms with E-state index in [0.717, 1.165) is 13.2 Å². The molecule has 3 rings (SSSR count). The molecule has 0 radical (unpaired) electrons. The van der Waals surface area contributed by atoms with Crippen molar-refractivity contribution in [2.24, 2.45) is 0 Å². The average Bonchev–Trinajstić information content (AvgIpc) is 3.00. The molecule has 2 fully saturated rings. The van der Waals surface area contributed by atoms with E-state index in [-0.39, 0.29) is 0 Å². The maximum absolute atomic E-state index is 5.65. The molecule has 1 saturated carbocycles. The van der Waals surface area contributed by atoms with Gasteiger partial charge < -0.3 is 10.1 Å². The fourth-order valence-corrected chi connectivity index (χ4v) is 3.57. The molecule has 1 aliphatic carbocycles. The van der Waals surface area contributed by atoms with Gasteiger partial charge in [-0.1, -0.05) is 30.3 Å². The molecular weight excluding hydrogens is 260 g/mol. The van der Waals surface area contributed by atoms with Gasteiger partial charge in [0.05, 0.1) is 6.10 Å². The molecule has 0 spiro atoms. The number of nitrogens with one attached hydrogen (secondary N) is 1. The summed E-state index contributed by atoms with van der Waals surface area (Å²) in [5.41, 5.74) is 1.45. The molecule has 1 aromatic rings. The molecule has 1 atom stereocenters. The van der Waals surface area contributed by atoms with Crippen LogP contribution in [-0.4, -0.2) is 43.3 Å². The van der Waals surface area contributed by atoms with E-state index < -0.39 is 0 Å². The van der Waals surface area contributed by atoms with Crippen molar-refractivity contribution < 1.29 is 4.74 Å². The highest BCUT2D eigenvalue weighted by molar-refractivity contribution is 5.20. The van der Waals surface area contributed by atoms with E-state index in [1.807, 2.05) is 0 Å². The lowest BCUT2D eigenvalue weighted by Crippen LogP contribution is -2.48. The molecule has 0 amide bonds. The fourth-order valence-electron chi connectivity index (χ4n) is 3.57. The smallest absolute Gasteiger partial charge is 0.0604 e. The summed E-state index contributed by atoms with van der Waals surface area (Å²) in [4.78, 5) is 2.64. The van der Waals surface area contributed by atoms with Crippen molar-refractivity contribution in [3.63, 3.8) is 0 Å². The first-order chi connectivity index (χ1) is 10.4. The summed E-state index contributed by atoms with van der Waals surface area (Å²) in [7, 11) is 0. The van der Waals surface area contributed by atoms with Gasteiger partial charge in [-0.05, 0) is 51.3 Å². The molecule has 1 aromatic carbocycles. The van der Waals surface area contributed by atoms with Crippen LogP contribution in [0, 0.1) is 0 Å². The highest BCUT2D eigenvalue weighted by atomic mass is 16.5. The summed E-state index contributed by atoms with van der Waals surface area (Å²) in [6.07, 6.45) is 5.54. The van der Waals surface area contributed by atoms with Crippen molar-refractivity contribution in [3.05, 3.63) is 35.9 Å². The minimum absolute atomic E-state index is 0.495. The molecule has 1 N–H and O–H groups in total. The zero-order valence-corrected chi connectivity index (χ0v) is 13.1. The number of hydrogen-bond donors (Lipinski definition) is 1. The van der Waals surface area contributed by atoms with Crippen molar-refractivity contribution in [2.45, 2.75) is 50.8 Å². The Kier molecular flexibility index (Phi) is 5.28. The van der Waals surface area contributed by atoms with E-state index in [2.05, 4.69) is 47.5 Å². The lowest BCUT2D eigenvalue weighted by atomic mass is 9.89. The van der Waals surface area contributed by atoms with Crippen molar-refractivity contribution in [1.29, 1.82) is 0 Å². The van der Waals surface area contributed by atoms with Crippen molar-refractivity contribution >= 4 is 0 Å². The van der Waals surface area contributed by atoms with Gasteiger partial charge in [-0.15, -0.1) is 0 Å². The Morgan fingerprint density at radius 3 is 2.57 bits per heavy atom. The van der Waals surface area contributed by atoms with Crippen LogP contribution < -0.4 is 5.32 Å². The van der Waals surface area contributed by atoms with Crippen LogP contribution in [0.15, 0.2) is 30.3 Å². The standard InChI is InChI=1S/C18H28N2O/c1-2-21-17-12-16(13-17)19-14-18(20-10-6-7-11-20)15-8-4-3-5-9-15/h3-5,8-9,16-19H,2,6-7,10-14H2,1H3. The molecule has 0 aromatic heterocycles. The maximum Gasteiger partial charge on any atom is 0.0604 e. The topological polar surface area (TPSA) is 24.5 Å². The van der Waals surface area contributed by atoms with E-state index >= 15 is 0 Å². The SMILES string of the molecule is CCOC1CC(NCC(c2ccccc2)N2CCCC2)C1. The fraction of sp³-hybridized carbons (Fsp3) is 0.667. The van der Waals surface area contributed by atoms with Gasteiger partial charge in [0.1, 0.15) is 0 Å². The van der Waals surface area contributed by atoms with Crippen LogP contribution in [0.3, 0.4) is 0 Å². The van der Waals surface area contributed by atoms with Crippen LogP contribution in [0.2, 0.25) is 0 Å². The number of benzene rings is 1. The van der Waals surface area contributed by atoms with Crippen molar-refractivity contribution in [2.75, 3.05) is 26.2 Å². The Hall–Kier alpha value is -0.900. The molecular formula is C18H28N2O. The quantitative estimate of drug-likeness (QED) is 0.835. The van der Waals surface area contributed by atoms with Crippen LogP contribution in [0.1, 0.15) is 44.2 Å². The average molecular weight is 288 g/mol. The monoisotopic (exact) mass is 288 g/mol. The molecule has 116 valence electrons. The van der Waals surface area contributed by atoms with E-state index in [9.17, 15) is 0 Å². The predicted molar refractivity (Wildman–Crippen MR) is 86.4 cm³/mol. The van der Waals surface area contributed by atoms with E-state index in [1.54, 1.807) is 0 Å². The van der Waals surface area contributed by atoms with Crippen LogP contribution in [-0.2, 0) is 4.74 Å². The van der Waals surface area contributed by atoms with Gasteiger partial charge in [0.2, 0.25) is 0 Å². The van der Waals surface area contributed by atoms with Gasteiger partial charge in [-0.3, -0.25) is 4.90 Å². The Bertz CT molecular complexity index is 410. The van der Waals surface area contributed by atoms with Gasteiger partial charge in [-0.2, -0.15) is 0 Å². The molecule has 1 aliphatic heterocycles. The summed E-state index contributed by atoms with van der Waals surface area (Å²) in [6.45, 7) is 6.48. The third kappa shape index (κ3) is 3.85. The number of rotatable bonds is 7. The number of nitrogens with zero attached hydrogens (tertiary/aromatic N) is 1. The van der Waals surface area contributed by atoms with Crippen LogP contribution in [0.5, 0.6) is 0 Å². The van der Waals surface area contributed by atoms with Crippen LogP contribution in [0.25, 0.3) is 0 Å². The van der Waals surface area contributed by atoms with Gasteiger partial charge >= 0.3 is 0 Å². The van der Waals surface area contributed by atoms with Gasteiger partial charge in [0, 0.05) is 25.2 Å². The van der Waals surface area contributed by atoms with Gasteiger partial charge in [-0.25, -0.2) is 0 Å². The highest BCUT2D eigenvalue weighted by Gasteiger charge is 2.31. The summed E-state index contributed by atoms with van der Waals surface area (Å²) < 4.78 is 5.65. The third-order valence-corrected chi connectivity index (χ3v) is 4.86. The summed E-state index contributed by atoms with van der Waals surface area (Å²) in [6, 6.07) is 12.1. The Labute approximate surface area is 128 Å². The van der Waals surface area contributed by atoms with Gasteiger partial charge in [0.15, 0.2) is 0 Å².